The number of thiazole rings is 1. The summed E-state index contributed by atoms with van der Waals surface area (Å²) in [7, 11) is -2.26. The molecule has 1 aliphatic rings. The number of benzene rings is 2. The van der Waals surface area contributed by atoms with Crippen molar-refractivity contribution in [2.75, 3.05) is 12.9 Å². The Hall–Kier alpha value is -3.09. The zero-order chi connectivity index (χ0) is 24.5. The molecule has 1 aromatic heterocycles. The predicted octanol–water partition coefficient (Wildman–Crippen LogP) is 3.66. The van der Waals surface area contributed by atoms with Gasteiger partial charge in [-0.25, -0.2) is 22.2 Å². The van der Waals surface area contributed by atoms with E-state index in [2.05, 4.69) is 4.98 Å². The largest absolute Gasteiger partial charge is 0.496 e. The van der Waals surface area contributed by atoms with E-state index in [1.165, 1.54) is 18.4 Å². The number of aliphatic carboxylic acids is 1. The number of sulfonamides is 1. The van der Waals surface area contributed by atoms with Gasteiger partial charge in [-0.3, -0.25) is 4.79 Å². The van der Waals surface area contributed by atoms with Crippen LogP contribution in [0.4, 0.5) is 8.78 Å². The highest BCUT2D eigenvalue weighted by atomic mass is 32.2. The smallest absolute Gasteiger partial charge is 0.322 e. The number of carboxylic acids is 1. The van der Waals surface area contributed by atoms with Crippen LogP contribution < -0.4 is 9.47 Å². The molecule has 1 saturated heterocycles. The molecule has 1 atom stereocenters. The number of ether oxygens (including phenoxy) is 2. The second-order valence-electron chi connectivity index (χ2n) is 7.52. The maximum Gasteiger partial charge on any atom is 0.322 e. The van der Waals surface area contributed by atoms with Crippen LogP contribution in [0.2, 0.25) is 0 Å². The van der Waals surface area contributed by atoms with Gasteiger partial charge in [0.05, 0.1) is 25.1 Å². The van der Waals surface area contributed by atoms with Gasteiger partial charge in [-0.15, -0.1) is 11.3 Å². The van der Waals surface area contributed by atoms with E-state index in [1.54, 1.807) is 29.6 Å². The summed E-state index contributed by atoms with van der Waals surface area (Å²) in [6.07, 6.45) is 0.0458. The molecular formula is C22H20F2N2O6S2. The molecule has 2 heterocycles. The van der Waals surface area contributed by atoms with Gasteiger partial charge in [0, 0.05) is 17.0 Å². The van der Waals surface area contributed by atoms with Crippen molar-refractivity contribution in [1.29, 1.82) is 0 Å². The molecular weight excluding hydrogens is 490 g/mol. The topological polar surface area (TPSA) is 106 Å². The number of carbonyl (C=O) groups is 1. The standard InChI is InChI=1S/C22H20F2N2O6S2/c1-31-20-9-18(24)17(23)8-16(20)13-2-4-15(5-3-13)32-11-21-25-14(12-33-21)10-26-19(22(27)28)6-7-34(26,29)30/h2-5,8-9,12,19H,6-7,10-11H2,1H3,(H,27,28)/t19-/m1/s1. The first kappa shape index (κ1) is 24.0. The molecule has 1 fully saturated rings. The Kier molecular flexibility index (Phi) is 6.82. The third kappa shape index (κ3) is 5.03. The van der Waals surface area contributed by atoms with Crippen molar-refractivity contribution >= 4 is 27.3 Å². The zero-order valence-electron chi connectivity index (χ0n) is 17.9. The van der Waals surface area contributed by atoms with Crippen LogP contribution in [0.1, 0.15) is 17.1 Å². The Labute approximate surface area is 198 Å². The Morgan fingerprint density at radius 2 is 1.94 bits per heavy atom. The van der Waals surface area contributed by atoms with Crippen LogP contribution in [0.15, 0.2) is 41.8 Å². The van der Waals surface area contributed by atoms with Gasteiger partial charge in [-0.1, -0.05) is 12.1 Å². The number of aromatic nitrogens is 1. The quantitative estimate of drug-likeness (QED) is 0.493. The number of nitrogens with zero attached hydrogens (tertiary/aromatic N) is 2. The molecule has 0 aliphatic carbocycles. The van der Waals surface area contributed by atoms with E-state index < -0.39 is 33.7 Å². The molecule has 8 nitrogen and oxygen atoms in total. The Bertz CT molecular complexity index is 1310. The highest BCUT2D eigenvalue weighted by molar-refractivity contribution is 7.89. The molecule has 0 spiro atoms. The summed E-state index contributed by atoms with van der Waals surface area (Å²) in [5.74, 6) is -2.64. The molecule has 1 N–H and O–H groups in total. The van der Waals surface area contributed by atoms with Crippen molar-refractivity contribution in [2.45, 2.75) is 25.6 Å². The summed E-state index contributed by atoms with van der Waals surface area (Å²) in [6, 6.07) is 7.66. The summed E-state index contributed by atoms with van der Waals surface area (Å²) in [6.45, 7) is 0.00811. The van der Waals surface area contributed by atoms with Crippen LogP contribution in [-0.2, 0) is 28.0 Å². The van der Waals surface area contributed by atoms with Crippen molar-refractivity contribution in [3.63, 3.8) is 0 Å². The zero-order valence-corrected chi connectivity index (χ0v) is 19.5. The lowest BCUT2D eigenvalue weighted by Gasteiger charge is -2.18. The number of carboxylic acid groups (broad SMARTS) is 1. The van der Waals surface area contributed by atoms with E-state index in [0.29, 0.717) is 27.6 Å². The van der Waals surface area contributed by atoms with Gasteiger partial charge in [0.2, 0.25) is 10.0 Å². The monoisotopic (exact) mass is 510 g/mol. The fourth-order valence-corrected chi connectivity index (χ4v) is 5.98. The van der Waals surface area contributed by atoms with Gasteiger partial charge < -0.3 is 14.6 Å². The number of halogens is 2. The molecule has 1 aliphatic heterocycles. The normalized spacial score (nSPS) is 17.6. The lowest BCUT2D eigenvalue weighted by molar-refractivity contribution is -0.141. The van der Waals surface area contributed by atoms with Crippen LogP contribution in [0.5, 0.6) is 11.5 Å². The number of methoxy groups -OCH3 is 1. The van der Waals surface area contributed by atoms with Crippen molar-refractivity contribution in [3.05, 3.63) is 64.1 Å². The van der Waals surface area contributed by atoms with Crippen LogP contribution in [0.3, 0.4) is 0 Å². The Morgan fingerprint density at radius 1 is 1.24 bits per heavy atom. The molecule has 0 saturated carbocycles. The molecule has 0 amide bonds. The fraction of sp³-hybridized carbons (Fsp3) is 0.273. The van der Waals surface area contributed by atoms with Crippen molar-refractivity contribution < 1.29 is 36.6 Å². The van der Waals surface area contributed by atoms with Gasteiger partial charge >= 0.3 is 5.97 Å². The maximum absolute atomic E-state index is 13.7. The second kappa shape index (κ2) is 9.65. The van der Waals surface area contributed by atoms with Crippen molar-refractivity contribution in [1.82, 2.24) is 9.29 Å². The van der Waals surface area contributed by atoms with Gasteiger partial charge in [0.1, 0.15) is 29.2 Å². The first-order valence-electron chi connectivity index (χ1n) is 10.1. The van der Waals surface area contributed by atoms with Gasteiger partial charge in [-0.05, 0) is 30.2 Å². The maximum atomic E-state index is 13.7. The number of rotatable bonds is 8. The Morgan fingerprint density at radius 3 is 2.62 bits per heavy atom. The van der Waals surface area contributed by atoms with E-state index in [-0.39, 0.29) is 31.1 Å². The van der Waals surface area contributed by atoms with Gasteiger partial charge in [-0.2, -0.15) is 4.31 Å². The molecule has 34 heavy (non-hydrogen) atoms. The van der Waals surface area contributed by atoms with Crippen LogP contribution >= 0.6 is 11.3 Å². The first-order valence-corrected chi connectivity index (χ1v) is 12.6. The predicted molar refractivity (Wildman–Crippen MR) is 120 cm³/mol. The lowest BCUT2D eigenvalue weighted by Crippen LogP contribution is -2.38. The first-order chi connectivity index (χ1) is 16.2. The van der Waals surface area contributed by atoms with E-state index in [0.717, 1.165) is 16.4 Å². The van der Waals surface area contributed by atoms with Gasteiger partial charge in [0.15, 0.2) is 11.6 Å². The van der Waals surface area contributed by atoms with Gasteiger partial charge in [0.25, 0.3) is 0 Å². The summed E-state index contributed by atoms with van der Waals surface area (Å²) in [4.78, 5) is 15.7. The number of hydrogen-bond acceptors (Lipinski definition) is 7. The van der Waals surface area contributed by atoms with Crippen molar-refractivity contribution in [3.8, 4) is 22.6 Å². The second-order valence-corrected chi connectivity index (χ2v) is 10.5. The summed E-state index contributed by atoms with van der Waals surface area (Å²) < 4.78 is 63.3. The molecule has 0 unspecified atom stereocenters. The summed E-state index contributed by atoms with van der Waals surface area (Å²) >= 11 is 1.27. The molecule has 4 rings (SSSR count). The highest BCUT2D eigenvalue weighted by Gasteiger charge is 2.41. The Balaban J connectivity index is 1.41. The van der Waals surface area contributed by atoms with Crippen LogP contribution in [0, 0.1) is 11.6 Å². The van der Waals surface area contributed by atoms with Crippen LogP contribution in [-0.4, -0.2) is 47.7 Å². The third-order valence-corrected chi connectivity index (χ3v) is 8.05. The van der Waals surface area contributed by atoms with Crippen molar-refractivity contribution in [2.24, 2.45) is 0 Å². The van der Waals surface area contributed by atoms with E-state index in [4.69, 9.17) is 9.47 Å². The highest BCUT2D eigenvalue weighted by Crippen LogP contribution is 2.33. The average molecular weight is 511 g/mol. The van der Waals surface area contributed by atoms with Crippen LogP contribution in [0.25, 0.3) is 11.1 Å². The molecule has 3 aromatic rings. The molecule has 0 bridgehead atoms. The minimum absolute atomic E-state index is 0.0458. The minimum atomic E-state index is -3.63. The third-order valence-electron chi connectivity index (χ3n) is 5.33. The fourth-order valence-electron chi connectivity index (χ4n) is 3.62. The summed E-state index contributed by atoms with van der Waals surface area (Å²) in [5.41, 5.74) is 1.45. The summed E-state index contributed by atoms with van der Waals surface area (Å²) in [5, 5.41) is 11.5. The lowest BCUT2D eigenvalue weighted by atomic mass is 10.0. The van der Waals surface area contributed by atoms with E-state index >= 15 is 0 Å². The minimum Gasteiger partial charge on any atom is -0.496 e. The molecule has 180 valence electrons. The number of hydrogen-bond donors (Lipinski definition) is 1. The van der Waals surface area contributed by atoms with E-state index in [1.807, 2.05) is 0 Å². The average Bonchev–Trinajstić information content (AvgIpc) is 3.38. The van der Waals surface area contributed by atoms with E-state index in [9.17, 15) is 27.1 Å². The molecule has 2 aromatic carbocycles. The molecule has 0 radical (unpaired) electrons. The SMILES string of the molecule is COc1cc(F)c(F)cc1-c1ccc(OCc2nc(CN3[C@@H](C(=O)O)CCS3(=O)=O)cs2)cc1. The molecule has 12 heteroatoms.